The lowest BCUT2D eigenvalue weighted by atomic mass is 9.85. The second-order valence-corrected chi connectivity index (χ2v) is 5.44. The highest BCUT2D eigenvalue weighted by Gasteiger charge is 2.42. The Bertz CT molecular complexity index is 351. The molecule has 0 bridgehead atoms. The molecule has 2 atom stereocenters. The van der Waals surface area contributed by atoms with Crippen molar-refractivity contribution in [1.82, 2.24) is 4.90 Å². The molecule has 1 aliphatic heterocycles. The molecule has 0 saturated carbocycles. The zero-order valence-corrected chi connectivity index (χ0v) is 10.7. The molecule has 0 aromatic heterocycles. The number of halogens is 1. The largest absolute Gasteiger partial charge is 0.383 e. The van der Waals surface area contributed by atoms with Crippen LogP contribution in [0.4, 0.5) is 0 Å². The predicted molar refractivity (Wildman–Crippen MR) is 64.7 cm³/mol. The smallest absolute Gasteiger partial charge is 0.106 e. The van der Waals surface area contributed by atoms with Crippen molar-refractivity contribution in [2.24, 2.45) is 5.92 Å². The van der Waals surface area contributed by atoms with E-state index in [4.69, 9.17) is 0 Å². The summed E-state index contributed by atoms with van der Waals surface area (Å²) in [4.78, 5) is 2.17. The minimum atomic E-state index is -0.685. The van der Waals surface area contributed by atoms with Crippen molar-refractivity contribution in [3.8, 4) is 0 Å². The number of hydrogen-bond acceptors (Lipinski definition) is 2. The van der Waals surface area contributed by atoms with E-state index in [0.29, 0.717) is 0 Å². The van der Waals surface area contributed by atoms with Gasteiger partial charge in [-0.25, -0.2) is 0 Å². The Morgan fingerprint density at radius 1 is 1.40 bits per heavy atom. The van der Waals surface area contributed by atoms with Crippen molar-refractivity contribution in [1.29, 1.82) is 0 Å². The van der Waals surface area contributed by atoms with Gasteiger partial charge in [0.05, 0.1) is 0 Å². The van der Waals surface area contributed by atoms with E-state index in [9.17, 15) is 5.11 Å². The first-order valence-corrected chi connectivity index (χ1v) is 5.98. The summed E-state index contributed by atoms with van der Waals surface area (Å²) in [7, 11) is 2.05. The second-order valence-electron chi connectivity index (χ2n) is 4.53. The van der Waals surface area contributed by atoms with E-state index >= 15 is 0 Å². The van der Waals surface area contributed by atoms with Crippen molar-refractivity contribution >= 4 is 15.9 Å². The van der Waals surface area contributed by atoms with E-state index in [2.05, 4.69) is 27.8 Å². The second kappa shape index (κ2) is 3.89. The lowest BCUT2D eigenvalue weighted by Gasteiger charge is -2.27. The number of hydrogen-bond donors (Lipinski definition) is 1. The maximum absolute atomic E-state index is 10.6. The standard InChI is InChI=1S/C12H16BrNO/c1-9-7-14(2)8-12(9,15)10-3-5-11(13)6-4-10/h3-6,9,15H,7-8H2,1-2H3/t9-,12-/m0/s1. The summed E-state index contributed by atoms with van der Waals surface area (Å²) in [6, 6.07) is 7.97. The summed E-state index contributed by atoms with van der Waals surface area (Å²) in [6.07, 6.45) is 0. The van der Waals surface area contributed by atoms with Crippen LogP contribution in [-0.4, -0.2) is 30.1 Å². The van der Waals surface area contributed by atoms with Gasteiger partial charge < -0.3 is 10.0 Å². The number of rotatable bonds is 1. The Balaban J connectivity index is 2.33. The summed E-state index contributed by atoms with van der Waals surface area (Å²) in [5, 5.41) is 10.6. The van der Waals surface area contributed by atoms with Crippen LogP contribution >= 0.6 is 15.9 Å². The van der Waals surface area contributed by atoms with Gasteiger partial charge in [-0.3, -0.25) is 0 Å². The fourth-order valence-electron chi connectivity index (χ4n) is 2.36. The highest BCUT2D eigenvalue weighted by atomic mass is 79.9. The molecular formula is C12H16BrNO. The molecule has 1 aromatic rings. The first-order chi connectivity index (χ1) is 7.02. The van der Waals surface area contributed by atoms with Gasteiger partial charge in [0.25, 0.3) is 0 Å². The molecule has 2 nitrogen and oxygen atoms in total. The fraction of sp³-hybridized carbons (Fsp3) is 0.500. The van der Waals surface area contributed by atoms with E-state index in [0.717, 1.165) is 23.1 Å². The molecule has 82 valence electrons. The lowest BCUT2D eigenvalue weighted by Crippen LogP contribution is -2.33. The monoisotopic (exact) mass is 269 g/mol. The quantitative estimate of drug-likeness (QED) is 0.845. The van der Waals surface area contributed by atoms with Crippen LogP contribution in [0.5, 0.6) is 0 Å². The van der Waals surface area contributed by atoms with E-state index in [1.54, 1.807) is 0 Å². The summed E-state index contributed by atoms with van der Waals surface area (Å²) in [5.41, 5.74) is 0.331. The van der Waals surface area contributed by atoms with Crippen LogP contribution in [0.1, 0.15) is 12.5 Å². The van der Waals surface area contributed by atoms with Gasteiger partial charge in [0.15, 0.2) is 0 Å². The zero-order chi connectivity index (χ0) is 11.1. The van der Waals surface area contributed by atoms with Gasteiger partial charge in [0.2, 0.25) is 0 Å². The van der Waals surface area contributed by atoms with Gasteiger partial charge in [0, 0.05) is 23.5 Å². The molecule has 1 aliphatic rings. The molecule has 1 fully saturated rings. The van der Waals surface area contributed by atoms with Crippen LogP contribution in [0.15, 0.2) is 28.7 Å². The molecule has 1 aromatic carbocycles. The van der Waals surface area contributed by atoms with Crippen LogP contribution in [0.2, 0.25) is 0 Å². The van der Waals surface area contributed by atoms with Crippen LogP contribution < -0.4 is 0 Å². The van der Waals surface area contributed by atoms with Gasteiger partial charge >= 0.3 is 0 Å². The van der Waals surface area contributed by atoms with Crippen molar-refractivity contribution in [3.63, 3.8) is 0 Å². The third-order valence-electron chi connectivity index (χ3n) is 3.26. The molecular weight excluding hydrogens is 254 g/mol. The number of aliphatic hydroxyl groups is 1. The Labute approximate surface area is 99.0 Å². The maximum atomic E-state index is 10.6. The predicted octanol–water partition coefficient (Wildman–Crippen LogP) is 2.22. The first kappa shape index (κ1) is 11.1. The molecule has 0 amide bonds. The minimum absolute atomic E-state index is 0.281. The number of β-amino-alcohol motifs (C(OH)–C–C–N with tert-alkyl or cyclic N) is 1. The molecule has 0 aliphatic carbocycles. The molecule has 0 unspecified atom stereocenters. The SMILES string of the molecule is C[C@H]1CN(C)C[C@@]1(O)c1ccc(Br)cc1. The van der Waals surface area contributed by atoms with E-state index in [-0.39, 0.29) is 5.92 Å². The highest BCUT2D eigenvalue weighted by molar-refractivity contribution is 9.10. The number of benzene rings is 1. The summed E-state index contributed by atoms with van der Waals surface area (Å²) in [5.74, 6) is 0.281. The summed E-state index contributed by atoms with van der Waals surface area (Å²) in [6.45, 7) is 3.77. The average Bonchev–Trinajstić information content (AvgIpc) is 2.42. The molecule has 0 radical (unpaired) electrons. The molecule has 15 heavy (non-hydrogen) atoms. The van der Waals surface area contributed by atoms with Crippen molar-refractivity contribution in [3.05, 3.63) is 34.3 Å². The topological polar surface area (TPSA) is 23.5 Å². The van der Waals surface area contributed by atoms with Crippen LogP contribution in [-0.2, 0) is 5.60 Å². The Morgan fingerprint density at radius 3 is 2.47 bits per heavy atom. The number of likely N-dealkylation sites (tertiary alicyclic amines) is 1. The zero-order valence-electron chi connectivity index (χ0n) is 9.07. The molecule has 1 N–H and O–H groups in total. The average molecular weight is 270 g/mol. The maximum Gasteiger partial charge on any atom is 0.106 e. The number of nitrogens with zero attached hydrogens (tertiary/aromatic N) is 1. The van der Waals surface area contributed by atoms with Crippen LogP contribution in [0, 0.1) is 5.92 Å². The minimum Gasteiger partial charge on any atom is -0.383 e. The molecule has 2 rings (SSSR count). The molecule has 0 spiro atoms. The van der Waals surface area contributed by atoms with Crippen molar-refractivity contribution in [2.75, 3.05) is 20.1 Å². The van der Waals surface area contributed by atoms with Gasteiger partial charge in [-0.2, -0.15) is 0 Å². The Kier molecular flexibility index (Phi) is 2.88. The summed E-state index contributed by atoms with van der Waals surface area (Å²) < 4.78 is 1.05. The van der Waals surface area contributed by atoms with Gasteiger partial charge in [-0.15, -0.1) is 0 Å². The summed E-state index contributed by atoms with van der Waals surface area (Å²) >= 11 is 3.41. The van der Waals surface area contributed by atoms with E-state index < -0.39 is 5.60 Å². The molecule has 1 saturated heterocycles. The molecule has 3 heteroatoms. The Hall–Kier alpha value is -0.380. The van der Waals surface area contributed by atoms with Gasteiger partial charge in [0.1, 0.15) is 5.60 Å². The lowest BCUT2D eigenvalue weighted by molar-refractivity contribution is 0.0146. The van der Waals surface area contributed by atoms with E-state index in [1.807, 2.05) is 31.3 Å². The molecule has 1 heterocycles. The number of likely N-dealkylation sites (N-methyl/N-ethyl adjacent to an activating group) is 1. The third-order valence-corrected chi connectivity index (χ3v) is 3.78. The first-order valence-electron chi connectivity index (χ1n) is 5.19. The van der Waals surface area contributed by atoms with Gasteiger partial charge in [-0.05, 0) is 24.7 Å². The normalized spacial score (nSPS) is 32.1. The van der Waals surface area contributed by atoms with E-state index in [1.165, 1.54) is 0 Å². The third kappa shape index (κ3) is 1.96. The van der Waals surface area contributed by atoms with Gasteiger partial charge in [-0.1, -0.05) is 35.0 Å². The Morgan fingerprint density at radius 2 is 2.00 bits per heavy atom. The van der Waals surface area contributed by atoms with Crippen LogP contribution in [0.25, 0.3) is 0 Å². The van der Waals surface area contributed by atoms with Crippen molar-refractivity contribution < 1.29 is 5.11 Å². The highest BCUT2D eigenvalue weighted by Crippen LogP contribution is 2.36. The fourth-order valence-corrected chi connectivity index (χ4v) is 2.63. The van der Waals surface area contributed by atoms with Crippen LogP contribution in [0.3, 0.4) is 0 Å². The van der Waals surface area contributed by atoms with Crippen molar-refractivity contribution in [2.45, 2.75) is 12.5 Å².